The lowest BCUT2D eigenvalue weighted by atomic mass is 10.2. The molecule has 22 heavy (non-hydrogen) atoms. The second-order valence-electron chi connectivity index (χ2n) is 5.34. The van der Waals surface area contributed by atoms with Gasteiger partial charge in [0.25, 0.3) is 5.91 Å². The number of benzene rings is 1. The van der Waals surface area contributed by atoms with E-state index >= 15 is 0 Å². The van der Waals surface area contributed by atoms with Crippen LogP contribution in [0.15, 0.2) is 36.7 Å². The highest BCUT2D eigenvalue weighted by atomic mass is 16.2. The first-order valence-electron chi connectivity index (χ1n) is 7.09. The molecule has 1 aromatic carbocycles. The summed E-state index contributed by atoms with van der Waals surface area (Å²) in [5.41, 5.74) is 7.24. The van der Waals surface area contributed by atoms with Crippen LogP contribution in [0.25, 0.3) is 0 Å². The van der Waals surface area contributed by atoms with Crippen molar-refractivity contribution in [3.05, 3.63) is 42.2 Å². The van der Waals surface area contributed by atoms with Gasteiger partial charge >= 0.3 is 0 Å². The highest BCUT2D eigenvalue weighted by Gasteiger charge is 2.23. The molecule has 4 N–H and O–H groups in total. The number of carbonyl (C=O) groups excluding carboxylic acids is 2. The van der Waals surface area contributed by atoms with Gasteiger partial charge in [-0.2, -0.15) is 5.10 Å². The van der Waals surface area contributed by atoms with Crippen LogP contribution >= 0.6 is 0 Å². The number of nitrogens with zero attached hydrogens (tertiary/aromatic N) is 2. The number of hydrogen-bond acceptors (Lipinski definition) is 4. The maximum absolute atomic E-state index is 12.0. The molecule has 0 unspecified atom stereocenters. The predicted octanol–water partition coefficient (Wildman–Crippen LogP) is 0.996. The predicted molar refractivity (Wildman–Crippen MR) is 82.2 cm³/mol. The molecule has 1 aliphatic carbocycles. The van der Waals surface area contributed by atoms with Crippen molar-refractivity contribution in [1.82, 2.24) is 15.1 Å². The van der Waals surface area contributed by atoms with Gasteiger partial charge in [-0.25, -0.2) is 0 Å². The maximum atomic E-state index is 12.0. The normalized spacial score (nSPS) is 13.6. The summed E-state index contributed by atoms with van der Waals surface area (Å²) in [7, 11) is 0. The molecule has 7 heteroatoms. The summed E-state index contributed by atoms with van der Waals surface area (Å²) in [4.78, 5) is 23.7. The lowest BCUT2D eigenvalue weighted by molar-refractivity contribution is -0.122. The quantitative estimate of drug-likeness (QED) is 0.717. The molecule has 1 saturated carbocycles. The monoisotopic (exact) mass is 299 g/mol. The van der Waals surface area contributed by atoms with Crippen molar-refractivity contribution in [3.63, 3.8) is 0 Å². The van der Waals surface area contributed by atoms with E-state index in [2.05, 4.69) is 15.7 Å². The second-order valence-corrected chi connectivity index (χ2v) is 5.34. The zero-order chi connectivity index (χ0) is 15.5. The van der Waals surface area contributed by atoms with Gasteiger partial charge < -0.3 is 16.4 Å². The molecule has 1 heterocycles. The molecule has 1 fully saturated rings. The molecule has 0 bridgehead atoms. The van der Waals surface area contributed by atoms with Gasteiger partial charge in [-0.1, -0.05) is 0 Å². The number of anilines is 2. The zero-order valence-electron chi connectivity index (χ0n) is 12.0. The molecule has 0 atom stereocenters. The van der Waals surface area contributed by atoms with Crippen LogP contribution in [0, 0.1) is 0 Å². The SMILES string of the molecule is Nc1ccc(C(=O)Nc2cnn(CC(=O)NC3CC3)c2)cc1. The number of nitrogens with two attached hydrogens (primary N) is 1. The van der Waals surface area contributed by atoms with E-state index in [0.29, 0.717) is 23.0 Å². The molecule has 0 aliphatic heterocycles. The third-order valence-corrected chi connectivity index (χ3v) is 3.31. The third kappa shape index (κ3) is 3.63. The van der Waals surface area contributed by atoms with Crippen LogP contribution in [0.1, 0.15) is 23.2 Å². The van der Waals surface area contributed by atoms with Crippen molar-refractivity contribution in [2.24, 2.45) is 0 Å². The molecule has 0 spiro atoms. The van der Waals surface area contributed by atoms with Gasteiger partial charge in [-0.05, 0) is 37.1 Å². The van der Waals surface area contributed by atoms with Gasteiger partial charge in [-0.3, -0.25) is 14.3 Å². The summed E-state index contributed by atoms with van der Waals surface area (Å²) < 4.78 is 1.50. The first-order valence-corrected chi connectivity index (χ1v) is 7.09. The molecule has 0 radical (unpaired) electrons. The minimum Gasteiger partial charge on any atom is -0.399 e. The molecule has 1 aromatic heterocycles. The maximum Gasteiger partial charge on any atom is 0.255 e. The molecule has 114 valence electrons. The summed E-state index contributed by atoms with van der Waals surface area (Å²) >= 11 is 0. The van der Waals surface area contributed by atoms with Gasteiger partial charge in [0.05, 0.1) is 11.9 Å². The number of hydrogen-bond donors (Lipinski definition) is 3. The van der Waals surface area contributed by atoms with Gasteiger partial charge in [-0.15, -0.1) is 0 Å². The van der Waals surface area contributed by atoms with Crippen LogP contribution in [0.5, 0.6) is 0 Å². The molecule has 1 aliphatic rings. The Hall–Kier alpha value is -2.83. The molecule has 2 amide bonds. The van der Waals surface area contributed by atoms with Crippen LogP contribution in [0.2, 0.25) is 0 Å². The van der Waals surface area contributed by atoms with E-state index < -0.39 is 0 Å². The van der Waals surface area contributed by atoms with E-state index in [0.717, 1.165) is 12.8 Å². The van der Waals surface area contributed by atoms with Gasteiger partial charge in [0, 0.05) is 23.5 Å². The van der Waals surface area contributed by atoms with Crippen molar-refractivity contribution >= 4 is 23.2 Å². The van der Waals surface area contributed by atoms with Crippen molar-refractivity contribution in [2.45, 2.75) is 25.4 Å². The zero-order valence-corrected chi connectivity index (χ0v) is 12.0. The Morgan fingerprint density at radius 3 is 2.68 bits per heavy atom. The van der Waals surface area contributed by atoms with Crippen LogP contribution in [-0.4, -0.2) is 27.6 Å². The smallest absolute Gasteiger partial charge is 0.255 e. The van der Waals surface area contributed by atoms with E-state index in [1.165, 1.54) is 10.9 Å². The van der Waals surface area contributed by atoms with E-state index in [9.17, 15) is 9.59 Å². The third-order valence-electron chi connectivity index (χ3n) is 3.31. The highest BCUT2D eigenvalue weighted by Crippen LogP contribution is 2.18. The molecule has 3 rings (SSSR count). The number of rotatable bonds is 5. The number of nitrogens with one attached hydrogen (secondary N) is 2. The van der Waals surface area contributed by atoms with Crippen LogP contribution < -0.4 is 16.4 Å². The second kappa shape index (κ2) is 5.88. The van der Waals surface area contributed by atoms with E-state index in [1.54, 1.807) is 30.5 Å². The van der Waals surface area contributed by atoms with Crippen molar-refractivity contribution in [1.29, 1.82) is 0 Å². The minimum absolute atomic E-state index is 0.0676. The summed E-state index contributed by atoms with van der Waals surface area (Å²) in [6, 6.07) is 6.96. The average Bonchev–Trinajstić information content (AvgIpc) is 3.18. The van der Waals surface area contributed by atoms with Crippen molar-refractivity contribution in [2.75, 3.05) is 11.1 Å². The van der Waals surface area contributed by atoms with Gasteiger partial charge in [0.2, 0.25) is 5.91 Å². The molecule has 7 nitrogen and oxygen atoms in total. The number of carbonyl (C=O) groups is 2. The Morgan fingerprint density at radius 2 is 2.00 bits per heavy atom. The first kappa shape index (κ1) is 14.1. The number of aromatic nitrogens is 2. The number of nitrogen functional groups attached to an aromatic ring is 1. The topological polar surface area (TPSA) is 102 Å². The van der Waals surface area contributed by atoms with E-state index in [4.69, 9.17) is 5.73 Å². The molecular weight excluding hydrogens is 282 g/mol. The van der Waals surface area contributed by atoms with E-state index in [1.807, 2.05) is 0 Å². The van der Waals surface area contributed by atoms with E-state index in [-0.39, 0.29) is 18.4 Å². The Kier molecular flexibility index (Phi) is 3.78. The van der Waals surface area contributed by atoms with Gasteiger partial charge in [0.1, 0.15) is 6.54 Å². The fourth-order valence-corrected chi connectivity index (χ4v) is 2.00. The summed E-state index contributed by atoms with van der Waals surface area (Å²) in [6.45, 7) is 0.147. The molecular formula is C15H17N5O2. The van der Waals surface area contributed by atoms with Crippen molar-refractivity contribution in [3.8, 4) is 0 Å². The van der Waals surface area contributed by atoms with Crippen LogP contribution in [-0.2, 0) is 11.3 Å². The molecule has 0 saturated heterocycles. The van der Waals surface area contributed by atoms with Gasteiger partial charge in [0.15, 0.2) is 0 Å². The summed E-state index contributed by atoms with van der Waals surface area (Å²) in [5.74, 6) is -0.316. The van der Waals surface area contributed by atoms with Crippen LogP contribution in [0.3, 0.4) is 0 Å². The largest absolute Gasteiger partial charge is 0.399 e. The summed E-state index contributed by atoms with van der Waals surface area (Å²) in [6.07, 6.45) is 5.24. The standard InChI is InChI=1S/C15H17N5O2/c16-11-3-1-10(2-4-11)15(22)19-13-7-17-20(8-13)9-14(21)18-12-5-6-12/h1-4,7-8,12H,5-6,9,16H2,(H,18,21)(H,19,22). The van der Waals surface area contributed by atoms with Crippen LogP contribution in [0.4, 0.5) is 11.4 Å². The Labute approximate surface area is 127 Å². The molecule has 2 aromatic rings. The highest BCUT2D eigenvalue weighted by molar-refractivity contribution is 6.04. The lowest BCUT2D eigenvalue weighted by Gasteiger charge is -2.03. The van der Waals surface area contributed by atoms with Crippen molar-refractivity contribution < 1.29 is 9.59 Å². The average molecular weight is 299 g/mol. The Bertz CT molecular complexity index is 688. The minimum atomic E-state index is -0.248. The first-order chi connectivity index (χ1) is 10.6. The fourth-order valence-electron chi connectivity index (χ4n) is 2.00. The Balaban J connectivity index is 1.57. The number of amides is 2. The Morgan fingerprint density at radius 1 is 1.27 bits per heavy atom. The fraction of sp³-hybridized carbons (Fsp3) is 0.267. The summed E-state index contributed by atoms with van der Waals surface area (Å²) in [5, 5.41) is 9.68. The lowest BCUT2D eigenvalue weighted by Crippen LogP contribution is -2.29.